The Bertz CT molecular complexity index is 808. The van der Waals surface area contributed by atoms with Crippen molar-refractivity contribution in [2.45, 2.75) is 51.9 Å². The van der Waals surface area contributed by atoms with Crippen molar-refractivity contribution in [2.24, 2.45) is 0 Å². The fourth-order valence-electron chi connectivity index (χ4n) is 3.32. The molecule has 168 valence electrons. The van der Waals surface area contributed by atoms with Gasteiger partial charge in [-0.2, -0.15) is 0 Å². The third-order valence-corrected chi connectivity index (χ3v) is 5.02. The zero-order valence-electron chi connectivity index (χ0n) is 18.8. The zero-order valence-corrected chi connectivity index (χ0v) is 18.8. The van der Waals surface area contributed by atoms with Gasteiger partial charge in [-0.1, -0.05) is 51.5 Å². The second-order valence-electron chi connectivity index (χ2n) is 7.28. The van der Waals surface area contributed by atoms with Crippen molar-refractivity contribution in [1.82, 2.24) is 0 Å². The SMILES string of the molecule is CCCCCCCCCOc1ccc(N2C=CC=CC(C(=O)OC)=C2C(=O)OC)cc1. The molecule has 0 spiro atoms. The largest absolute Gasteiger partial charge is 0.494 e. The first-order valence-electron chi connectivity index (χ1n) is 10.9. The maximum Gasteiger partial charge on any atom is 0.355 e. The van der Waals surface area contributed by atoms with Gasteiger partial charge < -0.3 is 19.1 Å². The Morgan fingerprint density at radius 2 is 1.48 bits per heavy atom. The van der Waals surface area contributed by atoms with Crippen molar-refractivity contribution >= 4 is 17.6 Å². The highest BCUT2D eigenvalue weighted by Gasteiger charge is 2.27. The second-order valence-corrected chi connectivity index (χ2v) is 7.28. The molecule has 6 nitrogen and oxygen atoms in total. The number of allylic oxidation sites excluding steroid dienone is 2. The highest BCUT2D eigenvalue weighted by Crippen LogP contribution is 2.28. The lowest BCUT2D eigenvalue weighted by Crippen LogP contribution is -2.26. The number of hydrogen-bond acceptors (Lipinski definition) is 6. The molecule has 0 saturated carbocycles. The monoisotopic (exact) mass is 427 g/mol. The summed E-state index contributed by atoms with van der Waals surface area (Å²) in [4.78, 5) is 26.3. The Labute approximate surface area is 185 Å². The molecule has 6 heteroatoms. The maximum atomic E-state index is 12.5. The Balaban J connectivity index is 2.03. The van der Waals surface area contributed by atoms with Gasteiger partial charge in [0.1, 0.15) is 11.4 Å². The Kier molecular flexibility index (Phi) is 10.4. The molecule has 0 N–H and O–H groups in total. The standard InChI is InChI=1S/C25H33NO5/c1-4-5-6-7-8-9-12-19-31-21-16-14-20(15-17-21)26-18-11-10-13-22(24(27)29-2)23(26)25(28)30-3/h10-11,13-18H,4-9,12,19H2,1-3H3. The maximum absolute atomic E-state index is 12.5. The topological polar surface area (TPSA) is 65.1 Å². The van der Waals surface area contributed by atoms with Crippen LogP contribution in [0.3, 0.4) is 0 Å². The number of carbonyl (C=O) groups excluding carboxylic acids is 2. The van der Waals surface area contributed by atoms with Crippen LogP contribution in [0.1, 0.15) is 51.9 Å². The van der Waals surface area contributed by atoms with Crippen molar-refractivity contribution in [3.8, 4) is 5.75 Å². The number of benzene rings is 1. The van der Waals surface area contributed by atoms with Gasteiger partial charge in [0.05, 0.1) is 26.4 Å². The van der Waals surface area contributed by atoms with Gasteiger partial charge in [0.15, 0.2) is 0 Å². The van der Waals surface area contributed by atoms with Crippen LogP contribution < -0.4 is 9.64 Å². The minimum atomic E-state index is -0.629. The first-order valence-corrected chi connectivity index (χ1v) is 10.9. The summed E-state index contributed by atoms with van der Waals surface area (Å²) in [5.41, 5.74) is 0.916. The zero-order chi connectivity index (χ0) is 22.5. The molecule has 0 amide bonds. The Morgan fingerprint density at radius 1 is 0.839 bits per heavy atom. The number of unbranched alkanes of at least 4 members (excludes halogenated alkanes) is 6. The van der Waals surface area contributed by atoms with E-state index in [1.807, 2.05) is 24.3 Å². The minimum Gasteiger partial charge on any atom is -0.494 e. The molecule has 0 aromatic heterocycles. The van der Waals surface area contributed by atoms with E-state index in [1.165, 1.54) is 58.8 Å². The van der Waals surface area contributed by atoms with E-state index in [0.717, 1.165) is 12.2 Å². The van der Waals surface area contributed by atoms with E-state index in [1.54, 1.807) is 23.3 Å². The average Bonchev–Trinajstić information content (AvgIpc) is 3.03. The fraction of sp³-hybridized carbons (Fsp3) is 0.440. The summed E-state index contributed by atoms with van der Waals surface area (Å²) in [5.74, 6) is -0.473. The Morgan fingerprint density at radius 3 is 2.13 bits per heavy atom. The molecule has 1 aromatic rings. The van der Waals surface area contributed by atoms with Gasteiger partial charge in [0.25, 0.3) is 0 Å². The summed E-state index contributed by atoms with van der Waals surface area (Å²) in [6, 6.07) is 7.39. The predicted octanol–water partition coefficient (Wildman–Crippen LogP) is 5.31. The van der Waals surface area contributed by atoms with Gasteiger partial charge in [-0.3, -0.25) is 0 Å². The molecule has 0 fully saturated rings. The van der Waals surface area contributed by atoms with Crippen LogP contribution in [0.2, 0.25) is 0 Å². The molecule has 0 atom stereocenters. The van der Waals surface area contributed by atoms with Crippen molar-refractivity contribution in [3.63, 3.8) is 0 Å². The lowest BCUT2D eigenvalue weighted by atomic mass is 10.1. The second kappa shape index (κ2) is 13.3. The van der Waals surface area contributed by atoms with Crippen LogP contribution in [0.25, 0.3) is 0 Å². The summed E-state index contributed by atoms with van der Waals surface area (Å²) in [6.45, 7) is 2.91. The van der Waals surface area contributed by atoms with E-state index in [4.69, 9.17) is 14.2 Å². The highest BCUT2D eigenvalue weighted by molar-refractivity contribution is 6.05. The first kappa shape index (κ1) is 24.3. The van der Waals surface area contributed by atoms with Crippen LogP contribution in [0.5, 0.6) is 5.75 Å². The molecular weight excluding hydrogens is 394 g/mol. The molecule has 31 heavy (non-hydrogen) atoms. The minimum absolute atomic E-state index is 0.0936. The van der Waals surface area contributed by atoms with Crippen molar-refractivity contribution in [2.75, 3.05) is 25.7 Å². The number of ether oxygens (including phenoxy) is 3. The van der Waals surface area contributed by atoms with E-state index in [9.17, 15) is 9.59 Å². The van der Waals surface area contributed by atoms with Gasteiger partial charge >= 0.3 is 11.9 Å². The summed E-state index contributed by atoms with van der Waals surface area (Å²) in [5, 5.41) is 0. The normalized spacial score (nSPS) is 13.2. The van der Waals surface area contributed by atoms with Gasteiger partial charge in [-0.25, -0.2) is 9.59 Å². The summed E-state index contributed by atoms with van der Waals surface area (Å²) in [6.07, 6.45) is 15.3. The molecular formula is C25H33NO5. The first-order chi connectivity index (χ1) is 15.1. The lowest BCUT2D eigenvalue weighted by Gasteiger charge is -2.23. The number of carbonyl (C=O) groups is 2. The number of methoxy groups -OCH3 is 2. The molecule has 0 bridgehead atoms. The third kappa shape index (κ3) is 7.31. The molecule has 2 rings (SSSR count). The predicted molar refractivity (Wildman–Crippen MR) is 122 cm³/mol. The van der Waals surface area contributed by atoms with Crippen LogP contribution in [-0.4, -0.2) is 32.8 Å². The summed E-state index contributed by atoms with van der Waals surface area (Å²) in [7, 11) is 2.56. The fourth-order valence-corrected chi connectivity index (χ4v) is 3.32. The number of nitrogens with zero attached hydrogens (tertiary/aromatic N) is 1. The molecule has 0 unspecified atom stereocenters. The summed E-state index contributed by atoms with van der Waals surface area (Å²) >= 11 is 0. The molecule has 1 aromatic carbocycles. The average molecular weight is 428 g/mol. The van der Waals surface area contributed by atoms with Crippen LogP contribution in [0.4, 0.5) is 5.69 Å². The molecule has 0 aliphatic carbocycles. The van der Waals surface area contributed by atoms with E-state index in [2.05, 4.69) is 6.92 Å². The van der Waals surface area contributed by atoms with Crippen LogP contribution in [0.15, 0.2) is 60.0 Å². The number of esters is 2. The number of rotatable bonds is 12. The van der Waals surface area contributed by atoms with Gasteiger partial charge in [-0.05, 0) is 42.8 Å². The van der Waals surface area contributed by atoms with Crippen molar-refractivity contribution in [1.29, 1.82) is 0 Å². The van der Waals surface area contributed by atoms with E-state index < -0.39 is 11.9 Å². The Hall–Kier alpha value is -3.02. The van der Waals surface area contributed by atoms with Gasteiger partial charge in [0.2, 0.25) is 0 Å². The van der Waals surface area contributed by atoms with E-state index in [0.29, 0.717) is 12.3 Å². The number of hydrogen-bond donors (Lipinski definition) is 0. The van der Waals surface area contributed by atoms with Crippen LogP contribution >= 0.6 is 0 Å². The smallest absolute Gasteiger partial charge is 0.355 e. The summed E-state index contributed by atoms with van der Waals surface area (Å²) < 4.78 is 15.6. The molecule has 0 radical (unpaired) electrons. The molecule has 0 saturated heterocycles. The lowest BCUT2D eigenvalue weighted by molar-refractivity contribution is -0.139. The van der Waals surface area contributed by atoms with Crippen LogP contribution in [0, 0.1) is 0 Å². The van der Waals surface area contributed by atoms with Crippen LogP contribution in [-0.2, 0) is 19.1 Å². The number of anilines is 1. The van der Waals surface area contributed by atoms with Crippen molar-refractivity contribution in [3.05, 3.63) is 60.0 Å². The molecule has 1 aliphatic rings. The quantitative estimate of drug-likeness (QED) is 0.333. The molecule has 1 aliphatic heterocycles. The highest BCUT2D eigenvalue weighted by atomic mass is 16.5. The van der Waals surface area contributed by atoms with E-state index >= 15 is 0 Å². The molecule has 1 heterocycles. The van der Waals surface area contributed by atoms with Gasteiger partial charge in [0, 0.05) is 11.9 Å². The van der Waals surface area contributed by atoms with E-state index in [-0.39, 0.29) is 11.3 Å². The van der Waals surface area contributed by atoms with Gasteiger partial charge in [-0.15, -0.1) is 0 Å². The third-order valence-electron chi connectivity index (χ3n) is 5.02. The van der Waals surface area contributed by atoms with Crippen molar-refractivity contribution < 1.29 is 23.8 Å².